The second-order valence-electron chi connectivity index (χ2n) is 4.74. The summed E-state index contributed by atoms with van der Waals surface area (Å²) in [4.78, 5) is 0.942. The third-order valence-electron chi connectivity index (χ3n) is 3.45. The number of aliphatic hydroxyl groups is 1. The molecule has 1 aliphatic carbocycles. The van der Waals surface area contributed by atoms with Crippen LogP contribution in [0.25, 0.3) is 0 Å². The maximum absolute atomic E-state index is 10.7. The normalized spacial score (nSPS) is 15.0. The van der Waals surface area contributed by atoms with Crippen molar-refractivity contribution in [2.24, 2.45) is 0 Å². The van der Waals surface area contributed by atoms with Crippen LogP contribution in [0.1, 0.15) is 16.5 Å². The fourth-order valence-corrected chi connectivity index (χ4v) is 3.10. The number of thiophene rings is 1. The number of rotatable bonds is 4. The predicted molar refractivity (Wildman–Crippen MR) is 96.2 cm³/mol. The standard InChI is InChI=1S/C18H16O2S.3CO.Mn/c1-20-14-9-10-15(18(19)17-8-5-11-21-17)16(12-14)13-6-3-2-4-7-13;3*1-2;/h2-12,18-19H,1H3;;;;. The van der Waals surface area contributed by atoms with E-state index >= 15 is 0 Å². The Morgan fingerprint density at radius 1 is 0.929 bits per heavy atom. The molecule has 2 aromatic rings. The second-order valence-corrected chi connectivity index (χ2v) is 5.72. The van der Waals surface area contributed by atoms with E-state index in [4.69, 9.17) is 18.7 Å². The average Bonchev–Trinajstić information content (AvgIpc) is 3.32. The molecule has 0 bridgehead atoms. The molecule has 0 aliphatic heterocycles. The second kappa shape index (κ2) is 17.7. The number of benzene rings is 1. The number of aliphatic hydroxyl groups excluding tert-OH is 1. The number of hydrogen-bond donors (Lipinski definition) is 1. The third-order valence-corrected chi connectivity index (χ3v) is 4.38. The van der Waals surface area contributed by atoms with E-state index in [9.17, 15) is 5.11 Å². The summed E-state index contributed by atoms with van der Waals surface area (Å²) in [6, 6.07) is 14.0. The van der Waals surface area contributed by atoms with E-state index in [2.05, 4.69) is 20.0 Å². The van der Waals surface area contributed by atoms with Gasteiger partial charge < -0.3 is 9.84 Å². The fraction of sp³-hybridized carbons (Fsp3) is 0.0952. The van der Waals surface area contributed by atoms with Crippen LogP contribution in [0.5, 0.6) is 0 Å². The summed E-state index contributed by atoms with van der Waals surface area (Å²) < 4.78 is 27.8. The van der Waals surface area contributed by atoms with Gasteiger partial charge in [0.1, 0.15) is 6.10 Å². The van der Waals surface area contributed by atoms with Crippen LogP contribution >= 0.6 is 11.3 Å². The van der Waals surface area contributed by atoms with Crippen LogP contribution < -0.4 is 0 Å². The number of methoxy groups -OCH3 is 1. The van der Waals surface area contributed by atoms with E-state index < -0.39 is 6.10 Å². The quantitative estimate of drug-likeness (QED) is 0.451. The molecule has 1 heterocycles. The molecule has 0 saturated heterocycles. The van der Waals surface area contributed by atoms with Crippen molar-refractivity contribution in [2.45, 2.75) is 6.10 Å². The molecule has 1 atom stereocenters. The summed E-state index contributed by atoms with van der Waals surface area (Å²) in [5, 5.41) is 12.6. The van der Waals surface area contributed by atoms with Crippen LogP contribution in [0.2, 0.25) is 0 Å². The first-order valence-electron chi connectivity index (χ1n) is 7.35. The first-order valence-corrected chi connectivity index (χ1v) is 8.23. The summed E-state index contributed by atoms with van der Waals surface area (Å²) in [7, 11) is 1.65. The van der Waals surface area contributed by atoms with Crippen LogP contribution in [-0.2, 0) is 35.8 Å². The van der Waals surface area contributed by atoms with Crippen LogP contribution in [0.3, 0.4) is 0 Å². The Morgan fingerprint density at radius 3 is 2.04 bits per heavy atom. The van der Waals surface area contributed by atoms with Gasteiger partial charge >= 0.3 is 33.9 Å². The molecular formula is C21H16MnO5S. The summed E-state index contributed by atoms with van der Waals surface area (Å²) in [6.07, 6.45) is 5.97. The van der Waals surface area contributed by atoms with Gasteiger partial charge in [0.2, 0.25) is 0 Å². The Hall–Kier alpha value is -1.42. The van der Waals surface area contributed by atoms with Crippen LogP contribution in [0, 0.1) is 57.2 Å². The molecule has 1 aromatic heterocycles. The van der Waals surface area contributed by atoms with Crippen molar-refractivity contribution in [2.75, 3.05) is 7.11 Å². The molecule has 1 fully saturated rings. The van der Waals surface area contributed by atoms with Crippen molar-refractivity contribution in [1.82, 2.24) is 0 Å². The van der Waals surface area contributed by atoms with Gasteiger partial charge in [-0.2, -0.15) is 0 Å². The van der Waals surface area contributed by atoms with E-state index in [0.717, 1.165) is 28.4 Å². The predicted octanol–water partition coefficient (Wildman–Crippen LogP) is 3.67. The van der Waals surface area contributed by atoms with Crippen molar-refractivity contribution >= 4 is 11.3 Å². The first kappa shape index (κ1) is 28.8. The molecular weight excluding hydrogens is 419 g/mol. The van der Waals surface area contributed by atoms with Gasteiger partial charge in [-0.3, -0.25) is 0 Å². The topological polar surface area (TPSA) is 89.2 Å². The maximum Gasteiger partial charge on any atom is 0 e. The fourth-order valence-electron chi connectivity index (χ4n) is 2.37. The van der Waals surface area contributed by atoms with Crippen LogP contribution in [-0.4, -0.2) is 12.2 Å². The van der Waals surface area contributed by atoms with Gasteiger partial charge in [0.25, 0.3) is 0 Å². The van der Waals surface area contributed by atoms with Gasteiger partial charge in [-0.05, 0) is 23.4 Å². The van der Waals surface area contributed by atoms with Gasteiger partial charge in [0, 0.05) is 53.7 Å². The first-order chi connectivity index (χ1) is 13.3. The Morgan fingerprint density at radius 2 is 1.54 bits per heavy atom. The molecule has 1 unspecified atom stereocenters. The molecule has 5 nitrogen and oxygen atoms in total. The Labute approximate surface area is 180 Å². The summed E-state index contributed by atoms with van der Waals surface area (Å²) in [5.74, 6) is 1.89. The molecule has 1 aliphatic rings. The minimum Gasteiger partial charge on any atom is 0 e. The van der Waals surface area contributed by atoms with Crippen molar-refractivity contribution in [3.8, 4) is 0 Å². The molecule has 1 aromatic carbocycles. The molecule has 0 amide bonds. The van der Waals surface area contributed by atoms with Crippen LogP contribution in [0.15, 0.2) is 47.8 Å². The van der Waals surface area contributed by atoms with Gasteiger partial charge in [-0.1, -0.05) is 36.4 Å². The van der Waals surface area contributed by atoms with Gasteiger partial charge in [0.15, 0.2) is 0 Å². The smallest absolute Gasteiger partial charge is 0 e. The average molecular weight is 435 g/mol. The zero-order valence-electron chi connectivity index (χ0n) is 14.8. The zero-order chi connectivity index (χ0) is 20.7. The molecule has 143 valence electrons. The number of hydrogen-bond acceptors (Lipinski definition) is 3. The molecule has 1 saturated carbocycles. The van der Waals surface area contributed by atoms with Crippen molar-refractivity contribution in [1.29, 1.82) is 0 Å². The Balaban J connectivity index is 0. The summed E-state index contributed by atoms with van der Waals surface area (Å²) in [5.41, 5.74) is 1.07. The van der Waals surface area contributed by atoms with Gasteiger partial charge in [-0.25, -0.2) is 0 Å². The minimum atomic E-state index is -0.619. The molecule has 3 rings (SSSR count). The van der Waals surface area contributed by atoms with Crippen LogP contribution in [0.4, 0.5) is 0 Å². The van der Waals surface area contributed by atoms with E-state index in [1.807, 2.05) is 67.1 Å². The van der Waals surface area contributed by atoms with Crippen molar-refractivity contribution in [3.63, 3.8) is 0 Å². The van der Waals surface area contributed by atoms with Gasteiger partial charge in [0.05, 0.1) is 6.10 Å². The molecule has 0 spiro atoms. The van der Waals surface area contributed by atoms with Crippen molar-refractivity contribution < 1.29 is 40.9 Å². The summed E-state index contributed by atoms with van der Waals surface area (Å²) >= 11 is 1.56. The van der Waals surface area contributed by atoms with E-state index in [-0.39, 0.29) is 17.1 Å². The molecule has 7 heteroatoms. The van der Waals surface area contributed by atoms with Crippen molar-refractivity contribution in [3.05, 3.63) is 115 Å². The number of ether oxygens (including phenoxy) is 1. The Bertz CT molecular complexity index is 655. The van der Waals surface area contributed by atoms with E-state index in [1.165, 1.54) is 0 Å². The largest absolute Gasteiger partial charge is 0 e. The van der Waals surface area contributed by atoms with E-state index in [0.29, 0.717) is 0 Å². The monoisotopic (exact) mass is 435 g/mol. The maximum atomic E-state index is 10.7. The molecule has 28 heavy (non-hydrogen) atoms. The molecule has 1 N–H and O–H groups in total. The summed E-state index contributed by atoms with van der Waals surface area (Å²) in [6.45, 7) is 13.5. The van der Waals surface area contributed by atoms with E-state index in [1.54, 1.807) is 18.4 Å². The third kappa shape index (κ3) is 8.30. The Kier molecular flexibility index (Phi) is 18.2. The zero-order valence-corrected chi connectivity index (χ0v) is 16.8. The SMILES string of the molecule is CO[C]1[CH][CH][C](C(O)c2cccs2)[C](c2ccccc2)[CH]1.[C-]#[O+].[C-]#[O+].[C-]#[O+].[Mn]. The minimum absolute atomic E-state index is 0. The van der Waals surface area contributed by atoms with Gasteiger partial charge in [-0.15, -0.1) is 11.3 Å². The molecule has 7 radical (unpaired) electrons.